The number of aromatic nitrogens is 1. The minimum atomic E-state index is -0.759. The summed E-state index contributed by atoms with van der Waals surface area (Å²) in [4.78, 5) is 34.5. The van der Waals surface area contributed by atoms with Crippen LogP contribution in [0.2, 0.25) is 0 Å². The highest BCUT2D eigenvalue weighted by Gasteiger charge is 2.35. The number of carbonyl (C=O) groups is 1. The van der Waals surface area contributed by atoms with Gasteiger partial charge in [-0.1, -0.05) is 72.0 Å². The predicted molar refractivity (Wildman–Crippen MR) is 200 cm³/mol. The maximum absolute atomic E-state index is 14.3. The van der Waals surface area contributed by atoms with E-state index >= 15 is 0 Å². The summed E-state index contributed by atoms with van der Waals surface area (Å²) >= 11 is 5.05. The van der Waals surface area contributed by atoms with Crippen molar-refractivity contribution in [1.29, 1.82) is 5.26 Å². The van der Waals surface area contributed by atoms with E-state index in [1.165, 1.54) is 11.3 Å². The second-order valence-corrected chi connectivity index (χ2v) is 13.8. The standard InChI is InChI=1S/C38H30IN3O5S2/c1-4-46-37(44)32-33(24-10-6-5-7-11-24)41-38-42(34(32)25-14-16-28(48-3)17-15-25)36(43)31(49-38)20-23-18-29(39)35(30(19-23)45-2)47-22-27-13-9-8-12-26(27)21-40/h5-20,34H,4,22H2,1-3H3/b31-20-/t34-/m1/s1. The van der Waals surface area contributed by atoms with E-state index in [9.17, 15) is 14.9 Å². The second kappa shape index (κ2) is 15.3. The molecule has 5 aromatic rings. The van der Waals surface area contributed by atoms with Gasteiger partial charge in [-0.15, -0.1) is 11.8 Å². The zero-order valence-corrected chi connectivity index (χ0v) is 30.6. The Hall–Kier alpha value is -4.64. The molecule has 1 aliphatic heterocycles. The molecule has 0 unspecified atom stereocenters. The van der Waals surface area contributed by atoms with Crippen molar-refractivity contribution in [3.63, 3.8) is 0 Å². The average Bonchev–Trinajstić information content (AvgIpc) is 3.44. The molecule has 0 fully saturated rings. The molecule has 0 saturated carbocycles. The molecular weight excluding hydrogens is 769 g/mol. The van der Waals surface area contributed by atoms with Crippen LogP contribution in [0.25, 0.3) is 11.8 Å². The normalized spacial score (nSPS) is 14.1. The number of hydrogen-bond donors (Lipinski definition) is 0. The van der Waals surface area contributed by atoms with Crippen LogP contribution in [0.3, 0.4) is 0 Å². The Morgan fingerprint density at radius 1 is 1.08 bits per heavy atom. The van der Waals surface area contributed by atoms with Crippen molar-refractivity contribution in [2.75, 3.05) is 20.0 Å². The number of benzene rings is 4. The van der Waals surface area contributed by atoms with Gasteiger partial charge in [-0.3, -0.25) is 9.36 Å². The topological polar surface area (TPSA) is 103 Å². The number of hydrogen-bond acceptors (Lipinski definition) is 9. The molecule has 0 saturated heterocycles. The van der Waals surface area contributed by atoms with Crippen LogP contribution in [-0.4, -0.2) is 30.5 Å². The van der Waals surface area contributed by atoms with E-state index in [1.54, 1.807) is 42.5 Å². The predicted octanol–water partition coefficient (Wildman–Crippen LogP) is 6.72. The van der Waals surface area contributed by atoms with Crippen LogP contribution in [0.1, 0.15) is 40.8 Å². The molecule has 1 aromatic heterocycles. The van der Waals surface area contributed by atoms with Crippen molar-refractivity contribution in [3.8, 4) is 17.6 Å². The number of esters is 1. The summed E-state index contributed by atoms with van der Waals surface area (Å²) in [6, 6.07) is 29.8. The minimum absolute atomic E-state index is 0.179. The quantitative estimate of drug-likeness (QED) is 0.0879. The largest absolute Gasteiger partial charge is 0.493 e. The molecule has 11 heteroatoms. The Labute approximate surface area is 305 Å². The smallest absolute Gasteiger partial charge is 0.338 e. The van der Waals surface area contributed by atoms with Crippen LogP contribution in [0.15, 0.2) is 111 Å². The lowest BCUT2D eigenvalue weighted by molar-refractivity contribution is -0.138. The number of nitriles is 1. The van der Waals surface area contributed by atoms with Gasteiger partial charge < -0.3 is 14.2 Å². The number of methoxy groups -OCH3 is 1. The first-order chi connectivity index (χ1) is 23.9. The molecule has 1 aliphatic rings. The number of thiazole rings is 1. The molecule has 1 atom stereocenters. The molecule has 6 rings (SSSR count). The van der Waals surface area contributed by atoms with Crippen LogP contribution >= 0.6 is 45.7 Å². The third-order valence-corrected chi connectivity index (χ3v) is 10.4. The lowest BCUT2D eigenvalue weighted by Gasteiger charge is -2.26. The molecule has 0 spiro atoms. The number of rotatable bonds is 10. The number of carbonyl (C=O) groups excluding carboxylic acids is 1. The highest BCUT2D eigenvalue weighted by Crippen LogP contribution is 2.37. The summed E-state index contributed by atoms with van der Waals surface area (Å²) in [6.07, 6.45) is 3.80. The molecule has 0 radical (unpaired) electrons. The van der Waals surface area contributed by atoms with Crippen LogP contribution in [0.4, 0.5) is 0 Å². The van der Waals surface area contributed by atoms with Gasteiger partial charge in [0.1, 0.15) is 6.61 Å². The van der Waals surface area contributed by atoms with Gasteiger partial charge in [-0.2, -0.15) is 5.26 Å². The van der Waals surface area contributed by atoms with Gasteiger partial charge in [0.2, 0.25) is 0 Å². The van der Waals surface area contributed by atoms with Crippen LogP contribution in [-0.2, 0) is 16.1 Å². The summed E-state index contributed by atoms with van der Waals surface area (Å²) in [5, 5.41) is 9.48. The van der Waals surface area contributed by atoms with Crippen molar-refractivity contribution >= 4 is 63.4 Å². The van der Waals surface area contributed by atoms with Gasteiger partial charge in [0, 0.05) is 16.0 Å². The highest BCUT2D eigenvalue weighted by atomic mass is 127. The lowest BCUT2D eigenvalue weighted by Crippen LogP contribution is -2.40. The lowest BCUT2D eigenvalue weighted by atomic mass is 9.93. The van der Waals surface area contributed by atoms with E-state index in [1.807, 2.05) is 91.2 Å². The molecule has 246 valence electrons. The van der Waals surface area contributed by atoms with E-state index in [-0.39, 0.29) is 18.8 Å². The summed E-state index contributed by atoms with van der Waals surface area (Å²) in [6.45, 7) is 2.13. The van der Waals surface area contributed by atoms with Crippen LogP contribution < -0.4 is 24.4 Å². The minimum Gasteiger partial charge on any atom is -0.493 e. The summed E-state index contributed by atoms with van der Waals surface area (Å²) < 4.78 is 20.2. The zero-order chi connectivity index (χ0) is 34.5. The molecule has 0 amide bonds. The molecular formula is C38H30IN3O5S2. The molecule has 49 heavy (non-hydrogen) atoms. The van der Waals surface area contributed by atoms with Gasteiger partial charge in [0.05, 0.1) is 50.8 Å². The van der Waals surface area contributed by atoms with Crippen LogP contribution in [0.5, 0.6) is 11.5 Å². The Morgan fingerprint density at radius 2 is 1.82 bits per heavy atom. The molecule has 0 N–H and O–H groups in total. The van der Waals surface area contributed by atoms with Crippen molar-refractivity contribution in [1.82, 2.24) is 4.57 Å². The van der Waals surface area contributed by atoms with Crippen molar-refractivity contribution < 1.29 is 19.0 Å². The van der Waals surface area contributed by atoms with E-state index in [4.69, 9.17) is 19.2 Å². The fourth-order valence-corrected chi connectivity index (χ4v) is 7.75. The second-order valence-electron chi connectivity index (χ2n) is 10.8. The van der Waals surface area contributed by atoms with Gasteiger partial charge >= 0.3 is 5.97 Å². The first-order valence-electron chi connectivity index (χ1n) is 15.3. The molecule has 2 heterocycles. The van der Waals surface area contributed by atoms with Crippen molar-refractivity contribution in [2.24, 2.45) is 4.99 Å². The summed E-state index contributed by atoms with van der Waals surface area (Å²) in [5.74, 6) is 0.503. The highest BCUT2D eigenvalue weighted by molar-refractivity contribution is 14.1. The number of thioether (sulfide) groups is 1. The van der Waals surface area contributed by atoms with Crippen molar-refractivity contribution in [3.05, 3.63) is 148 Å². The maximum atomic E-state index is 14.3. The van der Waals surface area contributed by atoms with E-state index in [0.717, 1.165) is 30.7 Å². The molecule has 8 nitrogen and oxygen atoms in total. The van der Waals surface area contributed by atoms with Gasteiger partial charge in [-0.25, -0.2) is 9.79 Å². The van der Waals surface area contributed by atoms with E-state index < -0.39 is 12.0 Å². The fourth-order valence-electron chi connectivity index (χ4n) is 5.56. The summed E-state index contributed by atoms with van der Waals surface area (Å²) in [7, 11) is 1.56. The first-order valence-corrected chi connectivity index (χ1v) is 18.4. The maximum Gasteiger partial charge on any atom is 0.338 e. The Morgan fingerprint density at radius 3 is 2.51 bits per heavy atom. The first kappa shape index (κ1) is 34.2. The van der Waals surface area contributed by atoms with Crippen molar-refractivity contribution in [2.45, 2.75) is 24.5 Å². The Kier molecular flexibility index (Phi) is 10.7. The number of halogens is 1. The zero-order valence-electron chi connectivity index (χ0n) is 26.8. The van der Waals surface area contributed by atoms with Crippen LogP contribution in [0, 0.1) is 14.9 Å². The number of nitrogens with zero attached hydrogens (tertiary/aromatic N) is 3. The molecule has 0 bridgehead atoms. The Balaban J connectivity index is 1.49. The fraction of sp³-hybridized carbons (Fsp3) is 0.158. The Bertz CT molecular complexity index is 2290. The summed E-state index contributed by atoms with van der Waals surface area (Å²) in [5.41, 5.74) is 4.06. The third kappa shape index (κ3) is 7.08. The molecule has 4 aromatic carbocycles. The van der Waals surface area contributed by atoms with Gasteiger partial charge in [-0.05, 0) is 83.3 Å². The van der Waals surface area contributed by atoms with E-state index in [2.05, 4.69) is 28.7 Å². The molecule has 0 aliphatic carbocycles. The van der Waals surface area contributed by atoms with E-state index in [0.29, 0.717) is 37.7 Å². The van der Waals surface area contributed by atoms with Gasteiger partial charge in [0.15, 0.2) is 16.3 Å². The SMILES string of the molecule is CCOC(=O)C1=C(c2ccccc2)N=c2s/c(=C\c3cc(I)c(OCc4ccccc4C#N)c(OC)c3)c(=O)n2[C@@H]1c1ccc(SC)cc1. The average molecular weight is 800 g/mol. The van der Waals surface area contributed by atoms with Gasteiger partial charge in [0.25, 0.3) is 5.56 Å². The number of fused-ring (bicyclic) bond motifs is 1. The number of ether oxygens (including phenoxy) is 3. The third-order valence-electron chi connectivity index (χ3n) is 7.86. The monoisotopic (exact) mass is 799 g/mol.